The third-order valence-electron chi connectivity index (χ3n) is 3.07. The second kappa shape index (κ2) is 6.54. The van der Waals surface area contributed by atoms with Gasteiger partial charge < -0.3 is 15.2 Å². The molecule has 0 aliphatic heterocycles. The normalized spacial score (nSPS) is 10.8. The third kappa shape index (κ3) is 3.92. The molecule has 0 atom stereocenters. The minimum Gasteiger partial charge on any atom is -0.497 e. The number of nitrogens with two attached hydrogens (primary N) is 1. The monoisotopic (exact) mass is 287 g/mol. The van der Waals surface area contributed by atoms with Crippen molar-refractivity contribution in [2.45, 2.75) is 33.2 Å². The fraction of sp³-hybridized carbons (Fsp3) is 0.375. The van der Waals surface area contributed by atoms with Crippen LogP contribution in [0.15, 0.2) is 24.3 Å². The number of hydrogen-bond acceptors (Lipinski definition) is 5. The molecule has 0 spiro atoms. The van der Waals surface area contributed by atoms with Crippen LogP contribution in [0.4, 0.5) is 0 Å². The van der Waals surface area contributed by atoms with Crippen molar-refractivity contribution in [2.75, 3.05) is 7.11 Å². The molecular formula is C16H21N3O2. The van der Waals surface area contributed by atoms with Crippen LogP contribution in [0.2, 0.25) is 0 Å². The van der Waals surface area contributed by atoms with E-state index < -0.39 is 0 Å². The van der Waals surface area contributed by atoms with E-state index in [2.05, 4.69) is 23.8 Å². The van der Waals surface area contributed by atoms with Crippen molar-refractivity contribution in [3.63, 3.8) is 0 Å². The fourth-order valence-electron chi connectivity index (χ4n) is 1.94. The Kier molecular flexibility index (Phi) is 4.75. The summed E-state index contributed by atoms with van der Waals surface area (Å²) in [6, 6.07) is 7.84. The van der Waals surface area contributed by atoms with Gasteiger partial charge in [-0.2, -0.15) is 4.98 Å². The van der Waals surface area contributed by atoms with Crippen LogP contribution in [0.1, 0.15) is 36.7 Å². The summed E-state index contributed by atoms with van der Waals surface area (Å²) in [6.07, 6.45) is 0. The minimum absolute atomic E-state index is 0.318. The van der Waals surface area contributed by atoms with Gasteiger partial charge >= 0.3 is 6.01 Å². The van der Waals surface area contributed by atoms with Crippen LogP contribution in [-0.2, 0) is 6.54 Å². The Morgan fingerprint density at radius 2 is 1.81 bits per heavy atom. The van der Waals surface area contributed by atoms with Crippen molar-refractivity contribution in [3.8, 4) is 17.5 Å². The van der Waals surface area contributed by atoms with E-state index in [9.17, 15) is 0 Å². The van der Waals surface area contributed by atoms with E-state index in [1.165, 1.54) is 0 Å². The van der Waals surface area contributed by atoms with Crippen molar-refractivity contribution >= 4 is 0 Å². The average Bonchev–Trinajstić information content (AvgIpc) is 2.46. The second-order valence-electron chi connectivity index (χ2n) is 5.19. The first-order valence-corrected chi connectivity index (χ1v) is 6.93. The van der Waals surface area contributed by atoms with Gasteiger partial charge in [0, 0.05) is 18.3 Å². The molecule has 0 bridgehead atoms. The van der Waals surface area contributed by atoms with Gasteiger partial charge in [-0.05, 0) is 36.6 Å². The average molecular weight is 287 g/mol. The summed E-state index contributed by atoms with van der Waals surface area (Å²) < 4.78 is 11.0. The van der Waals surface area contributed by atoms with Gasteiger partial charge in [0.15, 0.2) is 0 Å². The Labute approximate surface area is 125 Å². The highest BCUT2D eigenvalue weighted by molar-refractivity contribution is 5.39. The van der Waals surface area contributed by atoms with E-state index in [0.29, 0.717) is 30.0 Å². The summed E-state index contributed by atoms with van der Waals surface area (Å²) in [6.45, 7) is 6.52. The smallest absolute Gasteiger partial charge is 0.322 e. The number of ether oxygens (including phenoxy) is 2. The van der Waals surface area contributed by atoms with Gasteiger partial charge in [0.05, 0.1) is 12.8 Å². The number of nitrogens with zero attached hydrogens (tertiary/aromatic N) is 2. The van der Waals surface area contributed by atoms with Gasteiger partial charge in [-0.15, -0.1) is 0 Å². The zero-order valence-electron chi connectivity index (χ0n) is 12.9. The summed E-state index contributed by atoms with van der Waals surface area (Å²) in [5.41, 5.74) is 8.45. The van der Waals surface area contributed by atoms with Crippen LogP contribution in [0.25, 0.3) is 0 Å². The molecule has 2 aromatic rings. The van der Waals surface area contributed by atoms with Gasteiger partial charge in [-0.25, -0.2) is 4.98 Å². The number of aromatic nitrogens is 2. The molecule has 0 amide bonds. The molecule has 21 heavy (non-hydrogen) atoms. The molecule has 1 aromatic carbocycles. The molecule has 2 rings (SSSR count). The molecule has 112 valence electrons. The Morgan fingerprint density at radius 3 is 2.43 bits per heavy atom. The Morgan fingerprint density at radius 1 is 1.10 bits per heavy atom. The first-order valence-electron chi connectivity index (χ1n) is 6.93. The van der Waals surface area contributed by atoms with Crippen LogP contribution in [0, 0.1) is 6.92 Å². The molecule has 0 unspecified atom stereocenters. The van der Waals surface area contributed by atoms with Gasteiger partial charge in [0.25, 0.3) is 0 Å². The van der Waals surface area contributed by atoms with Gasteiger partial charge in [-0.1, -0.05) is 13.8 Å². The molecular weight excluding hydrogens is 266 g/mol. The molecule has 0 saturated heterocycles. The lowest BCUT2D eigenvalue weighted by Crippen LogP contribution is -2.01. The first-order chi connectivity index (χ1) is 10.0. The van der Waals surface area contributed by atoms with E-state index in [-0.39, 0.29) is 0 Å². The van der Waals surface area contributed by atoms with E-state index >= 15 is 0 Å². The highest BCUT2D eigenvalue weighted by Crippen LogP contribution is 2.26. The topological polar surface area (TPSA) is 70.3 Å². The van der Waals surface area contributed by atoms with E-state index in [0.717, 1.165) is 17.0 Å². The number of aryl methyl sites for hydroxylation is 1. The number of methoxy groups -OCH3 is 1. The first kappa shape index (κ1) is 15.3. The lowest BCUT2D eigenvalue weighted by Gasteiger charge is -2.11. The zero-order valence-corrected chi connectivity index (χ0v) is 12.9. The molecule has 2 N–H and O–H groups in total. The van der Waals surface area contributed by atoms with Crippen LogP contribution < -0.4 is 15.2 Å². The van der Waals surface area contributed by atoms with Crippen molar-refractivity contribution < 1.29 is 9.47 Å². The van der Waals surface area contributed by atoms with Crippen molar-refractivity contribution in [2.24, 2.45) is 5.73 Å². The summed E-state index contributed by atoms with van der Waals surface area (Å²) >= 11 is 0. The fourth-order valence-corrected chi connectivity index (χ4v) is 1.94. The number of hydrogen-bond donors (Lipinski definition) is 1. The van der Waals surface area contributed by atoms with Crippen molar-refractivity contribution in [1.82, 2.24) is 9.97 Å². The standard InChI is InChI=1S/C16H21N3O2/c1-10(2)15-5-11(3)18-16(19-15)21-14-7-12(9-17)6-13(8-14)20-4/h5-8,10H,9,17H2,1-4H3. The van der Waals surface area contributed by atoms with Crippen molar-refractivity contribution in [3.05, 3.63) is 41.2 Å². The Hall–Kier alpha value is -2.14. The van der Waals surface area contributed by atoms with Crippen molar-refractivity contribution in [1.29, 1.82) is 0 Å². The second-order valence-corrected chi connectivity index (χ2v) is 5.19. The molecule has 1 heterocycles. The lowest BCUT2D eigenvalue weighted by atomic mass is 10.1. The SMILES string of the molecule is COc1cc(CN)cc(Oc2nc(C)cc(C(C)C)n2)c1. The summed E-state index contributed by atoms with van der Waals surface area (Å²) in [5.74, 6) is 1.64. The summed E-state index contributed by atoms with van der Waals surface area (Å²) in [5, 5.41) is 0. The van der Waals surface area contributed by atoms with Gasteiger partial charge in [0.2, 0.25) is 0 Å². The minimum atomic E-state index is 0.318. The predicted octanol–water partition coefficient (Wildman–Crippen LogP) is 3.17. The van der Waals surface area contributed by atoms with Gasteiger partial charge in [-0.3, -0.25) is 0 Å². The van der Waals surface area contributed by atoms with E-state index in [1.807, 2.05) is 25.1 Å². The van der Waals surface area contributed by atoms with Crippen LogP contribution >= 0.6 is 0 Å². The predicted molar refractivity (Wildman–Crippen MR) is 81.8 cm³/mol. The van der Waals surface area contributed by atoms with E-state index in [4.69, 9.17) is 15.2 Å². The maximum atomic E-state index is 5.78. The van der Waals surface area contributed by atoms with Crippen LogP contribution in [0.3, 0.4) is 0 Å². The van der Waals surface area contributed by atoms with E-state index in [1.54, 1.807) is 13.2 Å². The molecule has 1 aromatic heterocycles. The number of rotatable bonds is 5. The number of benzene rings is 1. The lowest BCUT2D eigenvalue weighted by molar-refractivity contribution is 0.402. The maximum Gasteiger partial charge on any atom is 0.322 e. The highest BCUT2D eigenvalue weighted by Gasteiger charge is 2.09. The molecule has 0 saturated carbocycles. The van der Waals surface area contributed by atoms with Crippen LogP contribution in [0.5, 0.6) is 17.5 Å². The summed E-state index contributed by atoms with van der Waals surface area (Å²) in [7, 11) is 1.61. The largest absolute Gasteiger partial charge is 0.497 e. The Bertz CT molecular complexity index is 605. The molecule has 0 fully saturated rings. The molecule has 5 nitrogen and oxygen atoms in total. The maximum absolute atomic E-state index is 5.78. The summed E-state index contributed by atoms with van der Waals surface area (Å²) in [4.78, 5) is 8.75. The Balaban J connectivity index is 2.33. The third-order valence-corrected chi connectivity index (χ3v) is 3.07. The molecule has 0 aliphatic carbocycles. The zero-order chi connectivity index (χ0) is 15.4. The quantitative estimate of drug-likeness (QED) is 0.914. The molecule has 0 aliphatic rings. The molecule has 0 radical (unpaired) electrons. The highest BCUT2D eigenvalue weighted by atomic mass is 16.5. The van der Waals surface area contributed by atoms with Crippen LogP contribution in [-0.4, -0.2) is 17.1 Å². The molecule has 5 heteroatoms. The van der Waals surface area contributed by atoms with Gasteiger partial charge in [0.1, 0.15) is 11.5 Å².